The van der Waals surface area contributed by atoms with Crippen molar-refractivity contribution in [2.24, 2.45) is 11.0 Å². The van der Waals surface area contributed by atoms with Crippen LogP contribution in [0.2, 0.25) is 0 Å². The van der Waals surface area contributed by atoms with Gasteiger partial charge in [-0.1, -0.05) is 13.8 Å². The second-order valence-corrected chi connectivity index (χ2v) is 5.10. The van der Waals surface area contributed by atoms with Crippen LogP contribution in [0.3, 0.4) is 0 Å². The van der Waals surface area contributed by atoms with E-state index in [0.717, 1.165) is 0 Å². The second kappa shape index (κ2) is 8.66. The van der Waals surface area contributed by atoms with Crippen LogP contribution in [0.4, 0.5) is 0 Å². The molecule has 1 aromatic carbocycles. The largest absolute Gasteiger partial charge is 0.504 e. The zero-order valence-corrected chi connectivity index (χ0v) is 12.9. The van der Waals surface area contributed by atoms with Gasteiger partial charge in [-0.15, -0.1) is 0 Å². The van der Waals surface area contributed by atoms with Crippen LogP contribution in [0.25, 0.3) is 0 Å². The van der Waals surface area contributed by atoms with Gasteiger partial charge in [-0.2, -0.15) is 5.10 Å². The van der Waals surface area contributed by atoms with Crippen molar-refractivity contribution in [3.8, 4) is 11.5 Å². The summed E-state index contributed by atoms with van der Waals surface area (Å²) in [6, 6.07) is 4.64. The van der Waals surface area contributed by atoms with Crippen LogP contribution in [-0.4, -0.2) is 36.8 Å². The van der Waals surface area contributed by atoms with Crippen LogP contribution in [0, 0.1) is 5.92 Å². The van der Waals surface area contributed by atoms with E-state index in [1.54, 1.807) is 12.1 Å². The summed E-state index contributed by atoms with van der Waals surface area (Å²) in [7, 11) is 1.44. The van der Waals surface area contributed by atoms with E-state index in [-0.39, 0.29) is 18.1 Å². The third kappa shape index (κ3) is 6.25. The maximum atomic E-state index is 11.5. The molecular formula is C15H21N3O4. The lowest BCUT2D eigenvalue weighted by molar-refractivity contribution is -0.129. The van der Waals surface area contributed by atoms with Gasteiger partial charge in [-0.3, -0.25) is 9.59 Å². The maximum Gasteiger partial charge on any atom is 0.249 e. The van der Waals surface area contributed by atoms with E-state index in [2.05, 4.69) is 15.8 Å². The Kier molecular flexibility index (Phi) is 6.88. The van der Waals surface area contributed by atoms with Crippen molar-refractivity contribution < 1.29 is 19.4 Å². The van der Waals surface area contributed by atoms with Crippen molar-refractivity contribution in [1.29, 1.82) is 0 Å². The summed E-state index contributed by atoms with van der Waals surface area (Å²) < 4.78 is 4.96. The Balaban J connectivity index is 2.45. The predicted octanol–water partition coefficient (Wildman–Crippen LogP) is 1.01. The number of rotatable bonds is 7. The number of aromatic hydroxyl groups is 1. The number of phenolic OH excluding ortho intramolecular Hbond substituents is 1. The first-order valence-electron chi connectivity index (χ1n) is 6.88. The normalized spacial score (nSPS) is 10.7. The molecule has 0 aromatic heterocycles. The van der Waals surface area contributed by atoms with Gasteiger partial charge in [0, 0.05) is 6.54 Å². The summed E-state index contributed by atoms with van der Waals surface area (Å²) in [6.07, 6.45) is 1.12. The van der Waals surface area contributed by atoms with Gasteiger partial charge in [0.05, 0.1) is 13.3 Å². The minimum absolute atomic E-state index is 0.0190. The first-order chi connectivity index (χ1) is 10.4. The number of phenols is 1. The molecule has 22 heavy (non-hydrogen) atoms. The first kappa shape index (κ1) is 17.5. The van der Waals surface area contributed by atoms with Crippen LogP contribution < -0.4 is 15.5 Å². The first-order valence-corrected chi connectivity index (χ1v) is 6.88. The number of carbonyl (C=O) groups excluding carboxylic acids is 2. The maximum absolute atomic E-state index is 11.5. The number of ether oxygens (including phenoxy) is 1. The second-order valence-electron chi connectivity index (χ2n) is 5.10. The molecule has 0 saturated carbocycles. The molecule has 0 atom stereocenters. The molecule has 0 unspecified atom stereocenters. The fourth-order valence-electron chi connectivity index (χ4n) is 1.52. The lowest BCUT2D eigenvalue weighted by atomic mass is 10.2. The van der Waals surface area contributed by atoms with Crippen molar-refractivity contribution in [2.75, 3.05) is 13.7 Å². The number of nitrogens with zero attached hydrogens (tertiary/aromatic N) is 1. The molecule has 0 aliphatic rings. The third-order valence-corrected chi connectivity index (χ3v) is 2.64. The zero-order valence-electron chi connectivity index (χ0n) is 12.9. The van der Waals surface area contributed by atoms with E-state index in [1.165, 1.54) is 19.4 Å². The quantitative estimate of drug-likeness (QED) is 0.398. The average molecular weight is 307 g/mol. The molecule has 0 bridgehead atoms. The van der Waals surface area contributed by atoms with E-state index in [4.69, 9.17) is 4.74 Å². The molecule has 0 radical (unpaired) electrons. The molecule has 120 valence electrons. The highest BCUT2D eigenvalue weighted by atomic mass is 16.5. The van der Waals surface area contributed by atoms with Gasteiger partial charge in [0.15, 0.2) is 11.5 Å². The van der Waals surface area contributed by atoms with Gasteiger partial charge in [-0.25, -0.2) is 5.43 Å². The van der Waals surface area contributed by atoms with Gasteiger partial charge in [0.2, 0.25) is 11.8 Å². The number of hydrazone groups is 1. The van der Waals surface area contributed by atoms with Gasteiger partial charge < -0.3 is 15.2 Å². The van der Waals surface area contributed by atoms with Crippen LogP contribution in [0.5, 0.6) is 11.5 Å². The van der Waals surface area contributed by atoms with Crippen molar-refractivity contribution in [2.45, 2.75) is 20.3 Å². The highest BCUT2D eigenvalue weighted by Gasteiger charge is 2.08. The molecule has 0 heterocycles. The molecule has 1 aromatic rings. The smallest absolute Gasteiger partial charge is 0.249 e. The Bertz CT molecular complexity index is 556. The predicted molar refractivity (Wildman–Crippen MR) is 82.9 cm³/mol. The number of hydrogen-bond donors (Lipinski definition) is 3. The molecule has 2 amide bonds. The molecule has 0 fully saturated rings. The van der Waals surface area contributed by atoms with Crippen molar-refractivity contribution >= 4 is 18.0 Å². The molecule has 7 heteroatoms. The monoisotopic (exact) mass is 307 g/mol. The van der Waals surface area contributed by atoms with Gasteiger partial charge in [0.1, 0.15) is 6.42 Å². The van der Waals surface area contributed by atoms with E-state index in [1.807, 2.05) is 13.8 Å². The van der Waals surface area contributed by atoms with Crippen LogP contribution in [0.15, 0.2) is 23.3 Å². The summed E-state index contributed by atoms with van der Waals surface area (Å²) in [5.41, 5.74) is 2.91. The molecule has 0 aliphatic carbocycles. The highest BCUT2D eigenvalue weighted by Crippen LogP contribution is 2.25. The van der Waals surface area contributed by atoms with Crippen molar-refractivity contribution in [1.82, 2.24) is 10.7 Å². The molecule has 0 aliphatic heterocycles. The Labute approximate surface area is 129 Å². The Morgan fingerprint density at radius 2 is 2.09 bits per heavy atom. The minimum atomic E-state index is -0.497. The summed E-state index contributed by atoms with van der Waals surface area (Å²) in [6.45, 7) is 4.47. The van der Waals surface area contributed by atoms with E-state index < -0.39 is 5.91 Å². The standard InChI is InChI=1S/C15H21N3O4/c1-10(2)8-16-14(20)7-15(21)18-17-9-11-4-5-12(19)13(6-11)22-3/h4-6,9-10,19H,7-8H2,1-3H3,(H,16,20)(H,18,21)/b17-9+. The summed E-state index contributed by atoms with van der Waals surface area (Å²) in [4.78, 5) is 23.0. The Morgan fingerprint density at radius 1 is 1.36 bits per heavy atom. The molecule has 7 nitrogen and oxygen atoms in total. The summed E-state index contributed by atoms with van der Waals surface area (Å²) in [5.74, 6) is -0.181. The Hall–Kier alpha value is -2.57. The van der Waals surface area contributed by atoms with Gasteiger partial charge >= 0.3 is 0 Å². The summed E-state index contributed by atoms with van der Waals surface area (Å²) >= 11 is 0. The number of methoxy groups -OCH3 is 1. The summed E-state index contributed by atoms with van der Waals surface area (Å²) in [5, 5.41) is 15.9. The fraction of sp³-hybridized carbons (Fsp3) is 0.400. The zero-order chi connectivity index (χ0) is 16.5. The Morgan fingerprint density at radius 3 is 2.73 bits per heavy atom. The van der Waals surface area contributed by atoms with Crippen molar-refractivity contribution in [3.05, 3.63) is 23.8 Å². The third-order valence-electron chi connectivity index (χ3n) is 2.64. The number of nitrogens with one attached hydrogen (secondary N) is 2. The van der Waals surface area contributed by atoms with Crippen LogP contribution >= 0.6 is 0 Å². The lowest BCUT2D eigenvalue weighted by Crippen LogP contribution is -2.32. The molecule has 0 saturated heterocycles. The molecule has 0 spiro atoms. The molecular weight excluding hydrogens is 286 g/mol. The highest BCUT2D eigenvalue weighted by molar-refractivity contribution is 5.97. The molecule has 3 N–H and O–H groups in total. The topological polar surface area (TPSA) is 100 Å². The van der Waals surface area contributed by atoms with E-state index in [0.29, 0.717) is 23.8 Å². The average Bonchev–Trinajstić information content (AvgIpc) is 2.46. The SMILES string of the molecule is COc1cc(/C=N/NC(=O)CC(=O)NCC(C)C)ccc1O. The van der Waals surface area contributed by atoms with Crippen LogP contribution in [0.1, 0.15) is 25.8 Å². The van der Waals surface area contributed by atoms with Crippen LogP contribution in [-0.2, 0) is 9.59 Å². The van der Waals surface area contributed by atoms with Gasteiger partial charge in [0.25, 0.3) is 0 Å². The number of amides is 2. The number of benzene rings is 1. The van der Waals surface area contributed by atoms with Gasteiger partial charge in [-0.05, 0) is 29.7 Å². The minimum Gasteiger partial charge on any atom is -0.504 e. The number of carbonyl (C=O) groups is 2. The molecule has 1 rings (SSSR count). The van der Waals surface area contributed by atoms with Crippen molar-refractivity contribution in [3.63, 3.8) is 0 Å². The van der Waals surface area contributed by atoms with E-state index in [9.17, 15) is 14.7 Å². The fourth-order valence-corrected chi connectivity index (χ4v) is 1.52. The lowest BCUT2D eigenvalue weighted by Gasteiger charge is -2.06. The number of hydrogen-bond acceptors (Lipinski definition) is 5. The van der Waals surface area contributed by atoms with E-state index >= 15 is 0 Å².